The fraction of sp³-hybridized carbons (Fsp3) is 0.190. The summed E-state index contributed by atoms with van der Waals surface area (Å²) in [5.41, 5.74) is 7.93. The van der Waals surface area contributed by atoms with Crippen molar-refractivity contribution in [3.05, 3.63) is 59.3 Å². The number of anilines is 1. The molecule has 1 unspecified atom stereocenters. The van der Waals surface area contributed by atoms with E-state index in [4.69, 9.17) is 15.2 Å². The number of phenolic OH excluding ortho intramolecular Hbond substituents is 1. The molecule has 4 N–H and O–H groups in total. The van der Waals surface area contributed by atoms with Gasteiger partial charge in [-0.3, -0.25) is 4.79 Å². The molecule has 2 aromatic carbocycles. The van der Waals surface area contributed by atoms with Gasteiger partial charge in [-0.25, -0.2) is 4.68 Å². The van der Waals surface area contributed by atoms with Crippen molar-refractivity contribution in [2.45, 2.75) is 13.0 Å². The number of carbonyl (C=O) groups excluding carboxylic acids is 1. The zero-order valence-corrected chi connectivity index (χ0v) is 16.7. The lowest BCUT2D eigenvalue weighted by atomic mass is 9.94. The maximum absolute atomic E-state index is 12.4. The van der Waals surface area contributed by atoms with E-state index in [2.05, 4.69) is 15.4 Å². The number of phenols is 1. The molecule has 30 heavy (non-hydrogen) atoms. The summed E-state index contributed by atoms with van der Waals surface area (Å²) in [5.74, 6) is 1.33. The summed E-state index contributed by atoms with van der Waals surface area (Å²) < 4.78 is 12.6. The van der Waals surface area contributed by atoms with Gasteiger partial charge in [-0.2, -0.15) is 4.98 Å². The van der Waals surface area contributed by atoms with E-state index in [0.717, 1.165) is 0 Å². The number of aromatic nitrogens is 3. The van der Waals surface area contributed by atoms with Gasteiger partial charge in [-0.1, -0.05) is 24.3 Å². The van der Waals surface area contributed by atoms with Crippen molar-refractivity contribution >= 4 is 11.9 Å². The number of amides is 1. The molecule has 0 spiro atoms. The zero-order valence-electron chi connectivity index (χ0n) is 16.7. The molecular weight excluding hydrogens is 386 g/mol. The van der Waals surface area contributed by atoms with Crippen LogP contribution in [0.15, 0.2) is 53.7 Å². The van der Waals surface area contributed by atoms with E-state index in [1.165, 1.54) is 7.11 Å². The topological polar surface area (TPSA) is 125 Å². The van der Waals surface area contributed by atoms with Gasteiger partial charge in [0.05, 0.1) is 19.8 Å². The Morgan fingerprint density at radius 3 is 2.63 bits per heavy atom. The van der Waals surface area contributed by atoms with Crippen LogP contribution in [0.1, 0.15) is 18.5 Å². The molecule has 154 valence electrons. The van der Waals surface area contributed by atoms with Crippen molar-refractivity contribution in [1.82, 2.24) is 14.8 Å². The molecule has 1 amide bonds. The monoisotopic (exact) mass is 407 g/mol. The third-order valence-corrected chi connectivity index (χ3v) is 4.95. The molecule has 0 radical (unpaired) electrons. The number of methoxy groups -OCH3 is 2. The second kappa shape index (κ2) is 7.43. The normalized spacial score (nSPS) is 15.4. The van der Waals surface area contributed by atoms with Crippen LogP contribution in [0.5, 0.6) is 17.2 Å². The van der Waals surface area contributed by atoms with Crippen LogP contribution in [0.25, 0.3) is 11.4 Å². The van der Waals surface area contributed by atoms with Gasteiger partial charge in [0.1, 0.15) is 11.8 Å². The molecule has 0 saturated carbocycles. The molecule has 9 heteroatoms. The standard InChI is InChI=1S/C21H21N5O4/c1-11-16(19(22)28)17(14-8-5-9-15(29-2)18(14)30-3)26-21(23-11)24-20(25-26)12-6-4-7-13(27)10-12/h4-10,17,27H,1-3H3,(H2,22,28)(H,23,24,25). The molecule has 9 nitrogen and oxygen atoms in total. The van der Waals surface area contributed by atoms with Crippen molar-refractivity contribution in [1.29, 1.82) is 0 Å². The van der Waals surface area contributed by atoms with E-state index in [1.54, 1.807) is 55.1 Å². The lowest BCUT2D eigenvalue weighted by molar-refractivity contribution is -0.115. The highest BCUT2D eigenvalue weighted by Crippen LogP contribution is 2.43. The van der Waals surface area contributed by atoms with E-state index in [0.29, 0.717) is 45.7 Å². The molecule has 1 atom stereocenters. The number of nitrogens with zero attached hydrogens (tertiary/aromatic N) is 3. The highest BCUT2D eigenvalue weighted by molar-refractivity contribution is 5.95. The Labute approximate surface area is 172 Å². The SMILES string of the molecule is COc1cccc(C2C(C(N)=O)=C(C)Nc3nc(-c4cccc(O)c4)nn32)c1OC. The van der Waals surface area contributed by atoms with E-state index in [1.807, 2.05) is 6.07 Å². The van der Waals surface area contributed by atoms with Gasteiger partial charge in [0, 0.05) is 16.8 Å². The van der Waals surface area contributed by atoms with Crippen molar-refractivity contribution in [3.8, 4) is 28.6 Å². The highest BCUT2D eigenvalue weighted by atomic mass is 16.5. The zero-order chi connectivity index (χ0) is 21.4. The predicted molar refractivity (Wildman–Crippen MR) is 110 cm³/mol. The Kier molecular flexibility index (Phi) is 4.78. The van der Waals surface area contributed by atoms with Crippen LogP contribution < -0.4 is 20.5 Å². The Morgan fingerprint density at radius 1 is 1.20 bits per heavy atom. The van der Waals surface area contributed by atoms with Crippen LogP contribution in [0.2, 0.25) is 0 Å². The number of nitrogens with one attached hydrogen (secondary N) is 1. The molecule has 1 aliphatic rings. The van der Waals surface area contributed by atoms with E-state index >= 15 is 0 Å². The van der Waals surface area contributed by atoms with Crippen LogP contribution in [-0.4, -0.2) is 40.0 Å². The van der Waals surface area contributed by atoms with Gasteiger partial charge >= 0.3 is 0 Å². The van der Waals surface area contributed by atoms with Gasteiger partial charge in [-0.05, 0) is 25.1 Å². The number of allylic oxidation sites excluding steroid dienone is 1. The molecule has 2 heterocycles. The van der Waals surface area contributed by atoms with Crippen LogP contribution in [0.4, 0.5) is 5.95 Å². The lowest BCUT2D eigenvalue weighted by Gasteiger charge is -2.29. The van der Waals surface area contributed by atoms with Crippen LogP contribution in [0.3, 0.4) is 0 Å². The fourth-order valence-corrected chi connectivity index (χ4v) is 3.65. The van der Waals surface area contributed by atoms with E-state index in [9.17, 15) is 9.90 Å². The van der Waals surface area contributed by atoms with Crippen LogP contribution in [-0.2, 0) is 4.79 Å². The van der Waals surface area contributed by atoms with Crippen molar-refractivity contribution in [3.63, 3.8) is 0 Å². The van der Waals surface area contributed by atoms with E-state index in [-0.39, 0.29) is 5.75 Å². The molecule has 0 fully saturated rings. The number of para-hydroxylation sites is 1. The first kappa shape index (κ1) is 19.3. The Balaban J connectivity index is 1.94. The summed E-state index contributed by atoms with van der Waals surface area (Å²) in [5, 5.41) is 17.5. The number of aromatic hydroxyl groups is 1. The number of ether oxygens (including phenoxy) is 2. The average molecular weight is 407 g/mol. The Morgan fingerprint density at radius 2 is 1.97 bits per heavy atom. The average Bonchev–Trinajstić information content (AvgIpc) is 3.15. The molecule has 0 aliphatic carbocycles. The molecule has 3 aromatic rings. The second-order valence-corrected chi connectivity index (χ2v) is 6.77. The van der Waals surface area contributed by atoms with Crippen molar-refractivity contribution in [2.75, 3.05) is 19.5 Å². The predicted octanol–water partition coefficient (Wildman–Crippen LogP) is 2.44. The second-order valence-electron chi connectivity index (χ2n) is 6.77. The largest absolute Gasteiger partial charge is 0.508 e. The van der Waals surface area contributed by atoms with E-state index < -0.39 is 11.9 Å². The molecule has 1 aromatic heterocycles. The minimum atomic E-state index is -0.678. The summed E-state index contributed by atoms with van der Waals surface area (Å²) in [6.07, 6.45) is 0. The smallest absolute Gasteiger partial charge is 0.248 e. The van der Waals surface area contributed by atoms with Gasteiger partial charge in [0.25, 0.3) is 0 Å². The summed E-state index contributed by atoms with van der Waals surface area (Å²) in [7, 11) is 3.07. The molecule has 0 bridgehead atoms. The maximum Gasteiger partial charge on any atom is 0.248 e. The third-order valence-electron chi connectivity index (χ3n) is 4.95. The van der Waals surface area contributed by atoms with Gasteiger partial charge in [0.2, 0.25) is 11.9 Å². The fourth-order valence-electron chi connectivity index (χ4n) is 3.65. The Bertz CT molecular complexity index is 1170. The first-order chi connectivity index (χ1) is 14.4. The van der Waals surface area contributed by atoms with Crippen LogP contribution in [0, 0.1) is 0 Å². The van der Waals surface area contributed by atoms with Gasteiger partial charge < -0.3 is 25.6 Å². The number of fused-ring (bicyclic) bond motifs is 1. The number of rotatable bonds is 5. The number of hydrogen-bond donors (Lipinski definition) is 3. The quantitative estimate of drug-likeness (QED) is 0.593. The minimum Gasteiger partial charge on any atom is -0.508 e. The summed E-state index contributed by atoms with van der Waals surface area (Å²) in [4.78, 5) is 16.9. The number of primary amides is 1. The molecule has 0 saturated heterocycles. The molecule has 1 aliphatic heterocycles. The highest BCUT2D eigenvalue weighted by Gasteiger charge is 2.35. The number of hydrogen-bond acceptors (Lipinski definition) is 7. The number of carbonyl (C=O) groups is 1. The lowest BCUT2D eigenvalue weighted by Crippen LogP contribution is -2.32. The van der Waals surface area contributed by atoms with Crippen molar-refractivity contribution < 1.29 is 19.4 Å². The van der Waals surface area contributed by atoms with Gasteiger partial charge in [-0.15, -0.1) is 5.10 Å². The Hall–Kier alpha value is -4.01. The number of nitrogens with two attached hydrogens (primary N) is 1. The summed E-state index contributed by atoms with van der Waals surface area (Å²) in [6.45, 7) is 1.76. The first-order valence-corrected chi connectivity index (χ1v) is 9.19. The molecule has 4 rings (SSSR count). The summed E-state index contributed by atoms with van der Waals surface area (Å²) >= 11 is 0. The minimum absolute atomic E-state index is 0.103. The first-order valence-electron chi connectivity index (χ1n) is 9.19. The van der Waals surface area contributed by atoms with Crippen molar-refractivity contribution in [2.24, 2.45) is 5.73 Å². The maximum atomic E-state index is 12.4. The molecular formula is C21H21N5O4. The third kappa shape index (κ3) is 3.10. The van der Waals surface area contributed by atoms with Crippen LogP contribution >= 0.6 is 0 Å². The van der Waals surface area contributed by atoms with Gasteiger partial charge in [0.15, 0.2) is 17.3 Å². The summed E-state index contributed by atoms with van der Waals surface area (Å²) in [6, 6.07) is 11.4. The number of benzene rings is 2.